The number of imide groups is 1. The van der Waals surface area contributed by atoms with Crippen molar-refractivity contribution < 1.29 is 19.1 Å². The van der Waals surface area contributed by atoms with Crippen LogP contribution in [0, 0.1) is 6.92 Å². The van der Waals surface area contributed by atoms with Gasteiger partial charge in [0.1, 0.15) is 0 Å². The van der Waals surface area contributed by atoms with Gasteiger partial charge < -0.3 is 15.8 Å². The Bertz CT molecular complexity index is 620. The van der Waals surface area contributed by atoms with Crippen LogP contribution in [-0.2, 0) is 9.53 Å². The number of carbonyl (C=O) groups is 3. The third kappa shape index (κ3) is 5.61. The zero-order chi connectivity index (χ0) is 17.8. The lowest BCUT2D eigenvalue weighted by molar-refractivity contribution is -0.127. The number of nitrogen functional groups attached to an aromatic ring is 1. The molecule has 0 unspecified atom stereocenters. The molecule has 0 bridgehead atoms. The highest BCUT2D eigenvalue weighted by Crippen LogP contribution is 2.18. The Balaban J connectivity index is 2.66. The number of esters is 1. The summed E-state index contributed by atoms with van der Waals surface area (Å²) < 4.78 is 5.05. The van der Waals surface area contributed by atoms with Crippen molar-refractivity contribution in [1.82, 2.24) is 10.6 Å². The first-order valence-electron chi connectivity index (χ1n) is 7.20. The van der Waals surface area contributed by atoms with Gasteiger partial charge in [-0.2, -0.15) is 0 Å². The van der Waals surface area contributed by atoms with Crippen LogP contribution in [0.1, 0.15) is 43.6 Å². The number of nitrogens with two attached hydrogens (primary N) is 1. The van der Waals surface area contributed by atoms with E-state index in [0.717, 1.165) is 5.56 Å². The molecule has 7 nitrogen and oxygen atoms in total. The summed E-state index contributed by atoms with van der Waals surface area (Å²) in [7, 11) is 0. The minimum absolute atomic E-state index is 0.184. The number of amides is 3. The van der Waals surface area contributed by atoms with Crippen molar-refractivity contribution in [2.75, 3.05) is 5.73 Å². The lowest BCUT2D eigenvalue weighted by Gasteiger charge is -2.21. The second-order valence-electron chi connectivity index (χ2n) is 6.28. The maximum atomic E-state index is 12.1. The normalized spacial score (nSPS) is 12.2. The molecule has 7 heteroatoms. The van der Waals surface area contributed by atoms with Crippen LogP contribution in [-0.4, -0.2) is 29.6 Å². The SMILES string of the molecule is Cc1cccc(C(=O)O[C@@H](C)C(=O)NC(=O)NC(C)(C)C)c1N. The van der Waals surface area contributed by atoms with E-state index in [0.29, 0.717) is 5.69 Å². The molecule has 4 N–H and O–H groups in total. The predicted molar refractivity (Wildman–Crippen MR) is 86.9 cm³/mol. The molecule has 1 rings (SSSR count). The molecule has 0 radical (unpaired) electrons. The largest absolute Gasteiger partial charge is 0.449 e. The van der Waals surface area contributed by atoms with Gasteiger partial charge in [0, 0.05) is 11.2 Å². The molecule has 0 fully saturated rings. The first-order valence-corrected chi connectivity index (χ1v) is 7.20. The molecule has 3 amide bonds. The molecule has 126 valence electrons. The van der Waals surface area contributed by atoms with Crippen LogP contribution in [0.4, 0.5) is 10.5 Å². The fourth-order valence-electron chi connectivity index (χ4n) is 1.72. The van der Waals surface area contributed by atoms with Gasteiger partial charge in [0.25, 0.3) is 5.91 Å². The van der Waals surface area contributed by atoms with E-state index >= 15 is 0 Å². The van der Waals surface area contributed by atoms with Crippen LogP contribution >= 0.6 is 0 Å². The number of nitrogens with one attached hydrogen (secondary N) is 2. The molecular weight excluding hydrogens is 298 g/mol. The number of rotatable bonds is 3. The minimum atomic E-state index is -1.13. The summed E-state index contributed by atoms with van der Waals surface area (Å²) in [5, 5.41) is 4.70. The monoisotopic (exact) mass is 321 g/mol. The third-order valence-corrected chi connectivity index (χ3v) is 2.92. The van der Waals surface area contributed by atoms with Crippen LogP contribution in [0.2, 0.25) is 0 Å². The molecule has 1 aromatic carbocycles. The molecule has 0 aliphatic heterocycles. The van der Waals surface area contributed by atoms with Crippen LogP contribution in [0.3, 0.4) is 0 Å². The summed E-state index contributed by atoms with van der Waals surface area (Å²) in [6.07, 6.45) is -1.13. The molecule has 0 heterocycles. The highest BCUT2D eigenvalue weighted by atomic mass is 16.5. The Labute approximate surface area is 135 Å². The molecule has 0 aliphatic carbocycles. The zero-order valence-corrected chi connectivity index (χ0v) is 14.0. The van der Waals surface area contributed by atoms with Gasteiger partial charge >= 0.3 is 12.0 Å². The minimum Gasteiger partial charge on any atom is -0.449 e. The molecule has 0 aromatic heterocycles. The fourth-order valence-corrected chi connectivity index (χ4v) is 1.72. The zero-order valence-electron chi connectivity index (χ0n) is 14.0. The lowest BCUT2D eigenvalue weighted by atomic mass is 10.1. The number of ether oxygens (including phenoxy) is 1. The van der Waals surface area contributed by atoms with Gasteiger partial charge in [0.2, 0.25) is 0 Å². The van der Waals surface area contributed by atoms with Crippen LogP contribution in [0.5, 0.6) is 0 Å². The van der Waals surface area contributed by atoms with Gasteiger partial charge in [0.05, 0.1) is 5.56 Å². The average molecular weight is 321 g/mol. The number of anilines is 1. The topological polar surface area (TPSA) is 111 Å². The number of aryl methyl sites for hydroxylation is 1. The highest BCUT2D eigenvalue weighted by Gasteiger charge is 2.23. The Morgan fingerprint density at radius 2 is 1.83 bits per heavy atom. The fraction of sp³-hybridized carbons (Fsp3) is 0.438. The van der Waals surface area contributed by atoms with Gasteiger partial charge in [-0.1, -0.05) is 12.1 Å². The highest BCUT2D eigenvalue weighted by molar-refractivity contribution is 6.00. The van der Waals surface area contributed by atoms with Crippen molar-refractivity contribution in [1.29, 1.82) is 0 Å². The van der Waals surface area contributed by atoms with E-state index < -0.39 is 29.6 Å². The summed E-state index contributed by atoms with van der Waals surface area (Å²) in [5.41, 5.74) is 6.56. The van der Waals surface area contributed by atoms with Gasteiger partial charge in [-0.25, -0.2) is 9.59 Å². The summed E-state index contributed by atoms with van der Waals surface area (Å²) in [6, 6.07) is 4.30. The van der Waals surface area contributed by atoms with E-state index in [1.807, 2.05) is 0 Å². The van der Waals surface area contributed by atoms with E-state index in [-0.39, 0.29) is 5.56 Å². The van der Waals surface area contributed by atoms with E-state index in [1.54, 1.807) is 39.8 Å². The number of benzene rings is 1. The Kier molecular flexibility index (Phi) is 5.73. The third-order valence-electron chi connectivity index (χ3n) is 2.92. The molecular formula is C16H23N3O4. The summed E-state index contributed by atoms with van der Waals surface area (Å²) in [4.78, 5) is 35.6. The Morgan fingerprint density at radius 3 is 2.39 bits per heavy atom. The number of carbonyl (C=O) groups excluding carboxylic acids is 3. The van der Waals surface area contributed by atoms with Gasteiger partial charge in [-0.3, -0.25) is 10.1 Å². The van der Waals surface area contributed by atoms with E-state index in [9.17, 15) is 14.4 Å². The molecule has 0 aliphatic rings. The first kappa shape index (κ1) is 18.5. The van der Waals surface area contributed by atoms with Crippen LogP contribution in [0.25, 0.3) is 0 Å². The Hall–Kier alpha value is -2.57. The Morgan fingerprint density at radius 1 is 1.22 bits per heavy atom. The van der Waals surface area contributed by atoms with Crippen molar-refractivity contribution in [2.45, 2.75) is 46.3 Å². The maximum Gasteiger partial charge on any atom is 0.341 e. The van der Waals surface area contributed by atoms with Crippen molar-refractivity contribution >= 4 is 23.6 Å². The molecule has 0 saturated heterocycles. The van der Waals surface area contributed by atoms with Gasteiger partial charge in [0.15, 0.2) is 6.10 Å². The summed E-state index contributed by atoms with van der Waals surface area (Å²) in [5.74, 6) is -1.43. The lowest BCUT2D eigenvalue weighted by Crippen LogP contribution is -2.50. The van der Waals surface area contributed by atoms with Gasteiger partial charge in [-0.15, -0.1) is 0 Å². The van der Waals surface area contributed by atoms with Crippen molar-refractivity contribution in [2.24, 2.45) is 0 Å². The second kappa shape index (κ2) is 7.13. The molecule has 1 atom stereocenters. The van der Waals surface area contributed by atoms with Crippen molar-refractivity contribution in [3.05, 3.63) is 29.3 Å². The van der Waals surface area contributed by atoms with E-state index in [4.69, 9.17) is 10.5 Å². The van der Waals surface area contributed by atoms with Crippen molar-refractivity contribution in [3.8, 4) is 0 Å². The number of hydrogen-bond acceptors (Lipinski definition) is 5. The van der Waals surface area contributed by atoms with Crippen molar-refractivity contribution in [3.63, 3.8) is 0 Å². The average Bonchev–Trinajstić information content (AvgIpc) is 2.39. The maximum absolute atomic E-state index is 12.1. The van der Waals surface area contributed by atoms with E-state index in [1.165, 1.54) is 13.0 Å². The standard InChI is InChI=1S/C16H23N3O4/c1-9-7-6-8-11(12(9)17)14(21)23-10(2)13(20)18-15(22)19-16(3,4)5/h6-8,10H,17H2,1-5H3,(H2,18,19,20,22)/t10-/m0/s1. The van der Waals surface area contributed by atoms with E-state index in [2.05, 4.69) is 10.6 Å². The van der Waals surface area contributed by atoms with Gasteiger partial charge in [-0.05, 0) is 46.2 Å². The molecule has 0 saturated carbocycles. The number of hydrogen-bond donors (Lipinski definition) is 3. The second-order valence-corrected chi connectivity index (χ2v) is 6.28. The number of para-hydroxylation sites is 1. The molecule has 0 spiro atoms. The predicted octanol–water partition coefficient (Wildman–Crippen LogP) is 1.75. The first-order chi connectivity index (χ1) is 10.5. The summed E-state index contributed by atoms with van der Waals surface area (Å²) in [6.45, 7) is 8.48. The quantitative estimate of drug-likeness (QED) is 0.580. The number of urea groups is 1. The van der Waals surface area contributed by atoms with Crippen LogP contribution in [0.15, 0.2) is 18.2 Å². The summed E-state index contributed by atoms with van der Waals surface area (Å²) >= 11 is 0. The molecule has 23 heavy (non-hydrogen) atoms. The molecule has 1 aromatic rings. The van der Waals surface area contributed by atoms with Crippen LogP contribution < -0.4 is 16.4 Å². The smallest absolute Gasteiger partial charge is 0.341 e.